The van der Waals surface area contributed by atoms with Crippen molar-refractivity contribution in [1.29, 1.82) is 0 Å². The maximum absolute atomic E-state index is 11.2. The molecule has 1 atom stereocenters. The van der Waals surface area contributed by atoms with E-state index in [4.69, 9.17) is 4.74 Å². The first-order valence-corrected chi connectivity index (χ1v) is 6.85. The lowest BCUT2D eigenvalue weighted by molar-refractivity contribution is -0.140. The molecule has 0 amide bonds. The van der Waals surface area contributed by atoms with Crippen molar-refractivity contribution < 1.29 is 14.6 Å². The van der Waals surface area contributed by atoms with Crippen molar-refractivity contribution in [3.05, 3.63) is 0 Å². The van der Waals surface area contributed by atoms with E-state index < -0.39 is 12.0 Å². The molecule has 0 aromatic heterocycles. The Bertz CT molecular complexity index is 251. The maximum atomic E-state index is 11.2. The van der Waals surface area contributed by atoms with E-state index in [2.05, 4.69) is 10.2 Å². The molecule has 1 aliphatic heterocycles. The molecule has 0 bridgehead atoms. The van der Waals surface area contributed by atoms with Crippen LogP contribution in [0.15, 0.2) is 0 Å². The number of carboxylic acid groups (broad SMARTS) is 1. The van der Waals surface area contributed by atoms with Gasteiger partial charge in [-0.1, -0.05) is 13.8 Å². The molecular formula is C13H26N2O3. The summed E-state index contributed by atoms with van der Waals surface area (Å²) in [5.41, 5.74) is 0. The van der Waals surface area contributed by atoms with Gasteiger partial charge in [-0.05, 0) is 19.8 Å². The van der Waals surface area contributed by atoms with Crippen LogP contribution >= 0.6 is 0 Å². The van der Waals surface area contributed by atoms with Crippen molar-refractivity contribution in [2.24, 2.45) is 0 Å². The summed E-state index contributed by atoms with van der Waals surface area (Å²) in [5.74, 6) is -0.768. The molecule has 1 aliphatic rings. The summed E-state index contributed by atoms with van der Waals surface area (Å²) in [4.78, 5) is 13.4. The average Bonchev–Trinajstić information content (AvgIpc) is 2.30. The number of rotatable bonds is 7. The lowest BCUT2D eigenvalue weighted by atomic mass is 10.1. The molecule has 1 unspecified atom stereocenters. The zero-order valence-corrected chi connectivity index (χ0v) is 11.7. The van der Waals surface area contributed by atoms with Crippen LogP contribution in [0.4, 0.5) is 0 Å². The van der Waals surface area contributed by atoms with Gasteiger partial charge in [0.1, 0.15) is 6.04 Å². The standard InChI is InChI=1S/C13H26N2O3/c1-4-18-11-5-7-15(8-6-11)9-12(13(16)17)14-10(2)3/h10-12,14H,4-9H2,1-3H3,(H,16,17). The van der Waals surface area contributed by atoms with Gasteiger partial charge >= 0.3 is 5.97 Å². The summed E-state index contributed by atoms with van der Waals surface area (Å²) in [5, 5.41) is 12.3. The highest BCUT2D eigenvalue weighted by Crippen LogP contribution is 2.13. The molecule has 1 rings (SSSR count). The van der Waals surface area contributed by atoms with Gasteiger partial charge in [0, 0.05) is 32.3 Å². The number of hydrogen-bond donors (Lipinski definition) is 2. The van der Waals surface area contributed by atoms with Gasteiger partial charge in [-0.2, -0.15) is 0 Å². The average molecular weight is 258 g/mol. The first kappa shape index (κ1) is 15.4. The zero-order chi connectivity index (χ0) is 13.5. The number of hydrogen-bond acceptors (Lipinski definition) is 4. The molecule has 0 aliphatic carbocycles. The maximum Gasteiger partial charge on any atom is 0.322 e. The Morgan fingerprint density at radius 2 is 2.06 bits per heavy atom. The quantitative estimate of drug-likeness (QED) is 0.711. The largest absolute Gasteiger partial charge is 0.480 e. The Morgan fingerprint density at radius 3 is 2.50 bits per heavy atom. The minimum Gasteiger partial charge on any atom is -0.480 e. The van der Waals surface area contributed by atoms with Crippen molar-refractivity contribution in [2.75, 3.05) is 26.2 Å². The Morgan fingerprint density at radius 1 is 1.44 bits per heavy atom. The summed E-state index contributed by atoms with van der Waals surface area (Å²) in [6.45, 7) is 9.14. The summed E-state index contributed by atoms with van der Waals surface area (Å²) in [7, 11) is 0. The van der Waals surface area contributed by atoms with Crippen LogP contribution in [-0.4, -0.2) is 60.4 Å². The van der Waals surface area contributed by atoms with E-state index in [1.165, 1.54) is 0 Å². The minimum atomic E-state index is -0.768. The molecule has 0 spiro atoms. The molecule has 106 valence electrons. The number of aliphatic carboxylic acids is 1. The SMILES string of the molecule is CCOC1CCN(CC(NC(C)C)C(=O)O)CC1. The van der Waals surface area contributed by atoms with E-state index in [-0.39, 0.29) is 6.04 Å². The Kier molecular flexibility index (Phi) is 6.60. The lowest BCUT2D eigenvalue weighted by Crippen LogP contribution is -2.50. The fraction of sp³-hybridized carbons (Fsp3) is 0.923. The van der Waals surface area contributed by atoms with Crippen molar-refractivity contribution >= 4 is 5.97 Å². The molecular weight excluding hydrogens is 232 g/mol. The van der Waals surface area contributed by atoms with E-state index in [0.29, 0.717) is 12.6 Å². The van der Waals surface area contributed by atoms with Crippen LogP contribution in [0, 0.1) is 0 Å². The molecule has 18 heavy (non-hydrogen) atoms. The highest BCUT2D eigenvalue weighted by atomic mass is 16.5. The van der Waals surface area contributed by atoms with Crippen LogP contribution in [0.1, 0.15) is 33.6 Å². The minimum absolute atomic E-state index is 0.187. The van der Waals surface area contributed by atoms with Crippen molar-refractivity contribution in [3.8, 4) is 0 Å². The van der Waals surface area contributed by atoms with Gasteiger partial charge in [0.2, 0.25) is 0 Å². The molecule has 0 aromatic rings. The highest BCUT2D eigenvalue weighted by molar-refractivity contribution is 5.73. The van der Waals surface area contributed by atoms with Crippen LogP contribution in [0.2, 0.25) is 0 Å². The van der Waals surface area contributed by atoms with E-state index >= 15 is 0 Å². The second kappa shape index (κ2) is 7.71. The number of ether oxygens (including phenoxy) is 1. The predicted molar refractivity (Wildman–Crippen MR) is 70.8 cm³/mol. The molecule has 0 radical (unpaired) electrons. The van der Waals surface area contributed by atoms with Crippen LogP contribution in [0.3, 0.4) is 0 Å². The van der Waals surface area contributed by atoms with Gasteiger partial charge < -0.3 is 20.1 Å². The zero-order valence-electron chi connectivity index (χ0n) is 11.7. The van der Waals surface area contributed by atoms with Crippen LogP contribution in [-0.2, 0) is 9.53 Å². The molecule has 5 nitrogen and oxygen atoms in total. The molecule has 5 heteroatoms. The van der Waals surface area contributed by atoms with Gasteiger partial charge in [-0.15, -0.1) is 0 Å². The smallest absolute Gasteiger partial charge is 0.322 e. The van der Waals surface area contributed by atoms with Crippen molar-refractivity contribution in [1.82, 2.24) is 10.2 Å². The van der Waals surface area contributed by atoms with E-state index in [0.717, 1.165) is 32.5 Å². The van der Waals surface area contributed by atoms with Crippen molar-refractivity contribution in [3.63, 3.8) is 0 Å². The van der Waals surface area contributed by atoms with Gasteiger partial charge in [0.15, 0.2) is 0 Å². The topological polar surface area (TPSA) is 61.8 Å². The molecule has 1 heterocycles. The van der Waals surface area contributed by atoms with Crippen molar-refractivity contribution in [2.45, 2.75) is 51.8 Å². The molecule has 0 saturated carbocycles. The van der Waals surface area contributed by atoms with E-state index in [9.17, 15) is 9.90 Å². The monoisotopic (exact) mass is 258 g/mol. The number of likely N-dealkylation sites (tertiary alicyclic amines) is 1. The summed E-state index contributed by atoms with van der Waals surface area (Å²) in [6, 6.07) is -0.291. The second-order valence-electron chi connectivity index (χ2n) is 5.17. The number of carboxylic acids is 1. The lowest BCUT2D eigenvalue weighted by Gasteiger charge is -2.33. The summed E-state index contributed by atoms with van der Waals surface area (Å²) in [6.07, 6.45) is 2.36. The van der Waals surface area contributed by atoms with E-state index in [1.54, 1.807) is 0 Å². The number of carbonyl (C=O) groups is 1. The summed E-state index contributed by atoms with van der Waals surface area (Å²) >= 11 is 0. The number of nitrogens with zero attached hydrogens (tertiary/aromatic N) is 1. The number of nitrogens with one attached hydrogen (secondary N) is 1. The Balaban J connectivity index is 2.35. The molecule has 0 aromatic carbocycles. The predicted octanol–water partition coefficient (Wildman–Crippen LogP) is 0.939. The first-order chi connectivity index (χ1) is 8.52. The van der Waals surface area contributed by atoms with Gasteiger partial charge in [-0.25, -0.2) is 0 Å². The molecule has 2 N–H and O–H groups in total. The first-order valence-electron chi connectivity index (χ1n) is 6.85. The highest BCUT2D eigenvalue weighted by Gasteiger charge is 2.25. The van der Waals surface area contributed by atoms with Gasteiger partial charge in [0.05, 0.1) is 6.10 Å². The third-order valence-electron chi connectivity index (χ3n) is 3.21. The molecule has 1 fully saturated rings. The van der Waals surface area contributed by atoms with Crippen LogP contribution in [0.25, 0.3) is 0 Å². The number of piperidine rings is 1. The third-order valence-corrected chi connectivity index (χ3v) is 3.21. The Hall–Kier alpha value is -0.650. The second-order valence-corrected chi connectivity index (χ2v) is 5.17. The fourth-order valence-corrected chi connectivity index (χ4v) is 2.36. The normalized spacial score (nSPS) is 20.2. The van der Waals surface area contributed by atoms with Gasteiger partial charge in [0.25, 0.3) is 0 Å². The van der Waals surface area contributed by atoms with Gasteiger partial charge in [-0.3, -0.25) is 4.79 Å². The van der Waals surface area contributed by atoms with Crippen LogP contribution in [0.5, 0.6) is 0 Å². The van der Waals surface area contributed by atoms with Crippen LogP contribution < -0.4 is 5.32 Å². The molecule has 1 saturated heterocycles. The fourth-order valence-electron chi connectivity index (χ4n) is 2.36. The van der Waals surface area contributed by atoms with E-state index in [1.807, 2.05) is 20.8 Å². The third kappa shape index (κ3) is 5.33. The summed E-state index contributed by atoms with van der Waals surface area (Å²) < 4.78 is 5.59. The Labute approximate surface area is 109 Å².